The maximum absolute atomic E-state index is 12.1. The number of benzene rings is 1. The van der Waals surface area contributed by atoms with E-state index in [0.717, 1.165) is 57.4 Å². The number of nitrogens with zero attached hydrogens (tertiary/aromatic N) is 1. The molecule has 1 spiro atoms. The lowest BCUT2D eigenvalue weighted by Crippen LogP contribution is -2.40. The number of likely N-dealkylation sites (tertiary alicyclic amines) is 1. The third kappa shape index (κ3) is 4.12. The summed E-state index contributed by atoms with van der Waals surface area (Å²) in [5.41, 5.74) is 0.647. The van der Waals surface area contributed by atoms with Crippen LogP contribution in [0.5, 0.6) is 11.5 Å². The van der Waals surface area contributed by atoms with Crippen molar-refractivity contribution in [3.05, 3.63) is 18.2 Å². The van der Waals surface area contributed by atoms with E-state index in [2.05, 4.69) is 10.6 Å². The Kier molecular flexibility index (Phi) is 5.09. The summed E-state index contributed by atoms with van der Waals surface area (Å²) in [7, 11) is 0. The average molecular weight is 373 g/mol. The van der Waals surface area contributed by atoms with Crippen molar-refractivity contribution >= 4 is 17.6 Å². The van der Waals surface area contributed by atoms with Crippen molar-refractivity contribution < 1.29 is 19.1 Å². The Balaban J connectivity index is 1.26. The topological polar surface area (TPSA) is 79.9 Å². The van der Waals surface area contributed by atoms with Gasteiger partial charge < -0.3 is 25.0 Å². The molecule has 1 saturated carbocycles. The molecule has 146 valence electrons. The molecule has 2 aliphatic heterocycles. The molecule has 2 fully saturated rings. The number of carbonyl (C=O) groups excluding carboxylic acids is 2. The van der Waals surface area contributed by atoms with Crippen LogP contribution in [0.15, 0.2) is 18.2 Å². The first-order valence-electron chi connectivity index (χ1n) is 9.98. The van der Waals surface area contributed by atoms with Crippen LogP contribution in [0.25, 0.3) is 0 Å². The molecular weight excluding hydrogens is 346 g/mol. The van der Waals surface area contributed by atoms with Gasteiger partial charge in [0.05, 0.1) is 0 Å². The number of fused-ring (bicyclic) bond motifs is 1. The van der Waals surface area contributed by atoms with Crippen LogP contribution in [0.3, 0.4) is 0 Å². The highest BCUT2D eigenvalue weighted by molar-refractivity contribution is 5.90. The van der Waals surface area contributed by atoms with Crippen LogP contribution in [0.4, 0.5) is 10.5 Å². The summed E-state index contributed by atoms with van der Waals surface area (Å²) in [6, 6.07) is 5.12. The normalized spacial score (nSPS) is 19.9. The first kappa shape index (κ1) is 17.9. The highest BCUT2D eigenvalue weighted by Gasteiger charge is 2.42. The lowest BCUT2D eigenvalue weighted by atomic mass is 9.94. The van der Waals surface area contributed by atoms with Gasteiger partial charge in [0.1, 0.15) is 0 Å². The zero-order valence-corrected chi connectivity index (χ0v) is 15.6. The molecule has 0 bridgehead atoms. The predicted octanol–water partition coefficient (Wildman–Crippen LogP) is 3.25. The third-order valence-corrected chi connectivity index (χ3v) is 5.49. The van der Waals surface area contributed by atoms with Gasteiger partial charge in [0.25, 0.3) is 5.79 Å². The first-order valence-corrected chi connectivity index (χ1v) is 9.98. The standard InChI is InChI=1S/C20H27N3O4/c24-18(23-12-4-5-13-23)8-11-21-19(25)22-15-6-7-16-17(14-15)27-20(26-16)9-2-1-3-10-20/h6-7,14H,1-5,8-13H2,(H2,21,22,25). The molecular formula is C20H27N3O4. The average Bonchev–Trinajstić information content (AvgIpc) is 3.30. The lowest BCUT2D eigenvalue weighted by molar-refractivity contribution is -0.129. The van der Waals surface area contributed by atoms with Crippen LogP contribution < -0.4 is 20.1 Å². The SMILES string of the molecule is O=C(NCCC(=O)N1CCCC1)Nc1ccc2c(c1)OC1(CCCCC1)O2. The van der Waals surface area contributed by atoms with Crippen LogP contribution in [-0.4, -0.2) is 42.3 Å². The second-order valence-corrected chi connectivity index (χ2v) is 7.56. The van der Waals surface area contributed by atoms with Crippen molar-refractivity contribution in [2.45, 2.75) is 57.2 Å². The van der Waals surface area contributed by atoms with Gasteiger partial charge in [0.15, 0.2) is 11.5 Å². The van der Waals surface area contributed by atoms with E-state index in [0.29, 0.717) is 24.4 Å². The smallest absolute Gasteiger partial charge is 0.319 e. The predicted molar refractivity (Wildman–Crippen MR) is 101 cm³/mol. The number of nitrogens with one attached hydrogen (secondary N) is 2. The lowest BCUT2D eigenvalue weighted by Gasteiger charge is -2.31. The number of amides is 3. The summed E-state index contributed by atoms with van der Waals surface area (Å²) in [4.78, 5) is 25.9. The van der Waals surface area contributed by atoms with Crippen molar-refractivity contribution in [1.29, 1.82) is 0 Å². The number of ether oxygens (including phenoxy) is 2. The molecule has 0 radical (unpaired) electrons. The van der Waals surface area contributed by atoms with Gasteiger partial charge in [-0.25, -0.2) is 4.79 Å². The fourth-order valence-corrected chi connectivity index (χ4v) is 4.05. The Labute approximate surface area is 159 Å². The summed E-state index contributed by atoms with van der Waals surface area (Å²) in [6.07, 6.45) is 7.71. The van der Waals surface area contributed by atoms with Crippen LogP contribution in [0.1, 0.15) is 51.4 Å². The molecule has 3 aliphatic rings. The summed E-state index contributed by atoms with van der Waals surface area (Å²) < 4.78 is 12.1. The van der Waals surface area contributed by atoms with Crippen molar-refractivity contribution in [3.63, 3.8) is 0 Å². The Morgan fingerprint density at radius 3 is 2.52 bits per heavy atom. The van der Waals surface area contributed by atoms with E-state index in [1.807, 2.05) is 11.0 Å². The van der Waals surface area contributed by atoms with Gasteiger partial charge >= 0.3 is 6.03 Å². The molecule has 7 heteroatoms. The van der Waals surface area contributed by atoms with E-state index < -0.39 is 5.79 Å². The van der Waals surface area contributed by atoms with Crippen molar-refractivity contribution in [2.24, 2.45) is 0 Å². The minimum absolute atomic E-state index is 0.105. The minimum Gasteiger partial charge on any atom is -0.448 e. The maximum Gasteiger partial charge on any atom is 0.319 e. The Morgan fingerprint density at radius 2 is 1.74 bits per heavy atom. The van der Waals surface area contributed by atoms with Crippen molar-refractivity contribution in [2.75, 3.05) is 25.0 Å². The van der Waals surface area contributed by atoms with Crippen molar-refractivity contribution in [1.82, 2.24) is 10.2 Å². The number of rotatable bonds is 4. The van der Waals surface area contributed by atoms with E-state index in [1.165, 1.54) is 6.42 Å². The van der Waals surface area contributed by atoms with E-state index in [1.54, 1.807) is 12.1 Å². The Morgan fingerprint density at radius 1 is 1.00 bits per heavy atom. The molecule has 1 aromatic rings. The number of hydrogen-bond acceptors (Lipinski definition) is 4. The summed E-state index contributed by atoms with van der Waals surface area (Å²) in [6.45, 7) is 2.00. The monoisotopic (exact) mass is 373 g/mol. The molecule has 4 rings (SSSR count). The number of carbonyl (C=O) groups is 2. The summed E-state index contributed by atoms with van der Waals surface area (Å²) >= 11 is 0. The zero-order valence-electron chi connectivity index (χ0n) is 15.6. The molecule has 0 unspecified atom stereocenters. The van der Waals surface area contributed by atoms with Gasteiger partial charge in [-0.05, 0) is 37.8 Å². The third-order valence-electron chi connectivity index (χ3n) is 5.49. The van der Waals surface area contributed by atoms with Gasteiger partial charge in [-0.2, -0.15) is 0 Å². The summed E-state index contributed by atoms with van der Waals surface area (Å²) in [5.74, 6) is 1.00. The highest BCUT2D eigenvalue weighted by Crippen LogP contribution is 2.46. The fraction of sp³-hybridized carbons (Fsp3) is 0.600. The minimum atomic E-state index is -0.516. The quantitative estimate of drug-likeness (QED) is 0.849. The molecule has 2 N–H and O–H groups in total. The first-order chi connectivity index (χ1) is 13.1. The van der Waals surface area contributed by atoms with Crippen LogP contribution in [0, 0.1) is 0 Å². The molecule has 27 heavy (non-hydrogen) atoms. The molecule has 1 aromatic carbocycles. The molecule has 3 amide bonds. The number of anilines is 1. The van der Waals surface area contributed by atoms with Crippen LogP contribution >= 0.6 is 0 Å². The van der Waals surface area contributed by atoms with Gasteiger partial charge in [-0.15, -0.1) is 0 Å². The highest BCUT2D eigenvalue weighted by atomic mass is 16.7. The maximum atomic E-state index is 12.1. The molecule has 1 saturated heterocycles. The van der Waals surface area contributed by atoms with Gasteiger partial charge in [0.2, 0.25) is 5.91 Å². The van der Waals surface area contributed by atoms with E-state index in [-0.39, 0.29) is 11.9 Å². The van der Waals surface area contributed by atoms with Gasteiger partial charge in [-0.1, -0.05) is 6.42 Å². The van der Waals surface area contributed by atoms with Crippen LogP contribution in [-0.2, 0) is 4.79 Å². The van der Waals surface area contributed by atoms with Gasteiger partial charge in [0, 0.05) is 50.7 Å². The second-order valence-electron chi connectivity index (χ2n) is 7.56. The van der Waals surface area contributed by atoms with E-state index in [9.17, 15) is 9.59 Å². The molecule has 0 aromatic heterocycles. The zero-order chi connectivity index (χ0) is 18.7. The second kappa shape index (κ2) is 7.66. The van der Waals surface area contributed by atoms with Gasteiger partial charge in [-0.3, -0.25) is 4.79 Å². The number of hydrogen-bond donors (Lipinski definition) is 2. The van der Waals surface area contributed by atoms with E-state index >= 15 is 0 Å². The van der Waals surface area contributed by atoms with Crippen molar-refractivity contribution in [3.8, 4) is 11.5 Å². The summed E-state index contributed by atoms with van der Waals surface area (Å²) in [5, 5.41) is 5.54. The van der Waals surface area contributed by atoms with Crippen LogP contribution in [0.2, 0.25) is 0 Å². The Hall–Kier alpha value is -2.44. The molecule has 7 nitrogen and oxygen atoms in total. The Bertz CT molecular complexity index is 709. The molecule has 1 aliphatic carbocycles. The fourth-order valence-electron chi connectivity index (χ4n) is 4.05. The molecule has 2 heterocycles. The van der Waals surface area contributed by atoms with E-state index in [4.69, 9.17) is 9.47 Å². The number of urea groups is 1. The molecule has 0 atom stereocenters. The largest absolute Gasteiger partial charge is 0.448 e.